The smallest absolute Gasteiger partial charge is 0.319 e. The van der Waals surface area contributed by atoms with Gasteiger partial charge in [-0.1, -0.05) is 17.7 Å². The molecule has 132 valence electrons. The Morgan fingerprint density at radius 3 is 2.81 bits per heavy atom. The Morgan fingerprint density at radius 1 is 1.19 bits per heavy atom. The number of amides is 2. The van der Waals surface area contributed by atoms with Crippen LogP contribution in [0.4, 0.5) is 10.5 Å². The molecule has 0 saturated carbocycles. The molecule has 0 saturated heterocycles. The molecule has 0 radical (unpaired) electrons. The molecule has 0 fully saturated rings. The van der Waals surface area contributed by atoms with E-state index in [1.807, 2.05) is 24.3 Å². The number of methoxy groups -OCH3 is 1. The number of aromatic nitrogens is 2. The van der Waals surface area contributed by atoms with E-state index in [1.165, 1.54) is 7.11 Å². The lowest BCUT2D eigenvalue weighted by atomic mass is 10.1. The van der Waals surface area contributed by atoms with Crippen LogP contribution in [0, 0.1) is 0 Å². The summed E-state index contributed by atoms with van der Waals surface area (Å²) in [7, 11) is 1.53. The van der Waals surface area contributed by atoms with Crippen LogP contribution in [0.5, 0.6) is 5.75 Å². The summed E-state index contributed by atoms with van der Waals surface area (Å²) in [6.45, 7) is 0.312. The van der Waals surface area contributed by atoms with Crippen LogP contribution in [0.2, 0.25) is 5.02 Å². The Balaban J connectivity index is 1.70. The first-order valence-corrected chi connectivity index (χ1v) is 8.28. The van der Waals surface area contributed by atoms with E-state index in [2.05, 4.69) is 20.6 Å². The molecule has 3 aromatic rings. The van der Waals surface area contributed by atoms with Crippen molar-refractivity contribution >= 4 is 23.3 Å². The van der Waals surface area contributed by atoms with Crippen molar-refractivity contribution in [2.75, 3.05) is 12.4 Å². The second-order valence-corrected chi connectivity index (χ2v) is 5.84. The van der Waals surface area contributed by atoms with Crippen molar-refractivity contribution in [1.82, 2.24) is 15.3 Å². The third kappa shape index (κ3) is 4.29. The summed E-state index contributed by atoms with van der Waals surface area (Å²) < 4.78 is 5.22. The highest BCUT2D eigenvalue weighted by Gasteiger charge is 2.10. The molecular formula is C19H17ClN4O2. The molecular weight excluding hydrogens is 352 g/mol. The predicted molar refractivity (Wildman–Crippen MR) is 101 cm³/mol. The van der Waals surface area contributed by atoms with Crippen LogP contribution >= 0.6 is 11.6 Å². The highest BCUT2D eigenvalue weighted by atomic mass is 35.5. The van der Waals surface area contributed by atoms with E-state index in [0.29, 0.717) is 23.0 Å². The van der Waals surface area contributed by atoms with Crippen LogP contribution in [0.15, 0.2) is 61.1 Å². The zero-order valence-electron chi connectivity index (χ0n) is 14.1. The number of nitrogens with zero attached hydrogens (tertiary/aromatic N) is 2. The summed E-state index contributed by atoms with van der Waals surface area (Å²) in [6, 6.07) is 12.2. The number of benzene rings is 1. The minimum Gasteiger partial charge on any atom is -0.495 e. The molecule has 0 unspecified atom stereocenters. The molecule has 0 spiro atoms. The Hall–Kier alpha value is -3.12. The summed E-state index contributed by atoms with van der Waals surface area (Å²) in [5.74, 6) is 0.530. The van der Waals surface area contributed by atoms with Crippen molar-refractivity contribution in [1.29, 1.82) is 0 Å². The van der Waals surface area contributed by atoms with Gasteiger partial charge in [0.2, 0.25) is 0 Å². The average molecular weight is 369 g/mol. The van der Waals surface area contributed by atoms with Crippen molar-refractivity contribution in [3.8, 4) is 17.0 Å². The van der Waals surface area contributed by atoms with Crippen LogP contribution in [0.1, 0.15) is 5.56 Å². The number of rotatable bonds is 5. The second kappa shape index (κ2) is 8.31. The number of nitrogens with one attached hydrogen (secondary N) is 2. The molecule has 2 N–H and O–H groups in total. The lowest BCUT2D eigenvalue weighted by Gasteiger charge is -2.13. The van der Waals surface area contributed by atoms with Crippen molar-refractivity contribution in [3.63, 3.8) is 0 Å². The Morgan fingerprint density at radius 2 is 2.04 bits per heavy atom. The zero-order chi connectivity index (χ0) is 18.4. The van der Waals surface area contributed by atoms with Gasteiger partial charge in [0.05, 0.1) is 18.5 Å². The molecule has 0 aliphatic heterocycles. The van der Waals surface area contributed by atoms with Crippen molar-refractivity contribution in [2.45, 2.75) is 6.54 Å². The van der Waals surface area contributed by atoms with E-state index in [9.17, 15) is 4.79 Å². The monoisotopic (exact) mass is 368 g/mol. The number of urea groups is 1. The third-order valence-electron chi connectivity index (χ3n) is 3.68. The minimum atomic E-state index is -0.369. The van der Waals surface area contributed by atoms with Gasteiger partial charge in [0.15, 0.2) is 0 Å². The highest BCUT2D eigenvalue weighted by molar-refractivity contribution is 6.31. The maximum absolute atomic E-state index is 12.3. The second-order valence-electron chi connectivity index (χ2n) is 5.41. The minimum absolute atomic E-state index is 0.312. The summed E-state index contributed by atoms with van der Waals surface area (Å²) in [4.78, 5) is 20.8. The first-order valence-electron chi connectivity index (χ1n) is 7.90. The topological polar surface area (TPSA) is 76.1 Å². The molecule has 0 aliphatic rings. The van der Waals surface area contributed by atoms with Crippen LogP contribution in [0.3, 0.4) is 0 Å². The van der Waals surface area contributed by atoms with E-state index < -0.39 is 0 Å². The number of hydrogen-bond donors (Lipinski definition) is 2. The SMILES string of the molecule is COc1ccc(Cl)cc1NC(=O)NCc1cccnc1-c1cccnc1. The summed E-state index contributed by atoms with van der Waals surface area (Å²) >= 11 is 5.98. The molecule has 2 amide bonds. The van der Waals surface area contributed by atoms with Gasteiger partial charge >= 0.3 is 6.03 Å². The molecule has 2 aromatic heterocycles. The van der Waals surface area contributed by atoms with Gasteiger partial charge in [-0.2, -0.15) is 0 Å². The van der Waals surface area contributed by atoms with Gasteiger partial charge < -0.3 is 15.4 Å². The molecule has 7 heteroatoms. The van der Waals surface area contributed by atoms with Crippen LogP contribution in [-0.4, -0.2) is 23.1 Å². The molecule has 26 heavy (non-hydrogen) atoms. The van der Waals surface area contributed by atoms with Gasteiger partial charge in [-0.25, -0.2) is 4.79 Å². The van der Waals surface area contributed by atoms with Crippen molar-refractivity contribution in [2.24, 2.45) is 0 Å². The average Bonchev–Trinajstić information content (AvgIpc) is 2.67. The van der Waals surface area contributed by atoms with Gasteiger partial charge in [-0.05, 0) is 42.0 Å². The fourth-order valence-electron chi connectivity index (χ4n) is 2.46. The number of hydrogen-bond acceptors (Lipinski definition) is 4. The molecule has 0 bridgehead atoms. The number of ether oxygens (including phenoxy) is 1. The normalized spacial score (nSPS) is 10.2. The number of carbonyl (C=O) groups is 1. The first-order chi connectivity index (χ1) is 12.7. The van der Waals surface area contributed by atoms with Gasteiger partial charge in [-0.15, -0.1) is 0 Å². The van der Waals surface area contributed by atoms with Gasteiger partial charge in [0, 0.05) is 35.7 Å². The summed E-state index contributed by atoms with van der Waals surface area (Å²) in [5, 5.41) is 6.07. The van der Waals surface area contributed by atoms with E-state index in [0.717, 1.165) is 16.8 Å². The fourth-order valence-corrected chi connectivity index (χ4v) is 2.64. The van der Waals surface area contributed by atoms with Gasteiger partial charge in [0.25, 0.3) is 0 Å². The van der Waals surface area contributed by atoms with E-state index in [4.69, 9.17) is 16.3 Å². The third-order valence-corrected chi connectivity index (χ3v) is 3.91. The Kier molecular flexibility index (Phi) is 5.66. The molecule has 2 heterocycles. The summed E-state index contributed by atoms with van der Waals surface area (Å²) in [5.41, 5.74) is 3.05. The largest absolute Gasteiger partial charge is 0.495 e. The Bertz CT molecular complexity index is 903. The van der Waals surface area contributed by atoms with Crippen LogP contribution in [-0.2, 0) is 6.54 Å². The first kappa shape index (κ1) is 17.7. The van der Waals surface area contributed by atoms with Crippen LogP contribution < -0.4 is 15.4 Å². The molecule has 0 aliphatic carbocycles. The summed E-state index contributed by atoms with van der Waals surface area (Å²) in [6.07, 6.45) is 5.15. The quantitative estimate of drug-likeness (QED) is 0.710. The molecule has 0 atom stereocenters. The van der Waals surface area contributed by atoms with Crippen LogP contribution in [0.25, 0.3) is 11.3 Å². The van der Waals surface area contributed by atoms with E-state index in [-0.39, 0.29) is 6.03 Å². The zero-order valence-corrected chi connectivity index (χ0v) is 14.8. The maximum Gasteiger partial charge on any atom is 0.319 e. The Labute approximate surface area is 156 Å². The molecule has 1 aromatic carbocycles. The highest BCUT2D eigenvalue weighted by Crippen LogP contribution is 2.27. The number of halogens is 1. The standard InChI is InChI=1S/C19H17ClN4O2/c1-26-17-7-6-15(20)10-16(17)24-19(25)23-12-14-5-3-9-22-18(14)13-4-2-8-21-11-13/h2-11H,12H2,1H3,(H2,23,24,25). The van der Waals surface area contributed by atoms with Crippen molar-refractivity contribution < 1.29 is 9.53 Å². The maximum atomic E-state index is 12.3. The van der Waals surface area contributed by atoms with E-state index in [1.54, 1.807) is 36.8 Å². The lowest BCUT2D eigenvalue weighted by molar-refractivity contribution is 0.251. The van der Waals surface area contributed by atoms with Gasteiger partial charge in [-0.3, -0.25) is 9.97 Å². The number of carbonyl (C=O) groups excluding carboxylic acids is 1. The molecule has 3 rings (SSSR count). The predicted octanol–water partition coefficient (Wildman–Crippen LogP) is 4.13. The number of anilines is 1. The fraction of sp³-hybridized carbons (Fsp3) is 0.105. The molecule has 6 nitrogen and oxygen atoms in total. The van der Waals surface area contributed by atoms with Crippen molar-refractivity contribution in [3.05, 3.63) is 71.6 Å². The van der Waals surface area contributed by atoms with E-state index >= 15 is 0 Å². The lowest BCUT2D eigenvalue weighted by Crippen LogP contribution is -2.28. The number of pyridine rings is 2. The van der Waals surface area contributed by atoms with Gasteiger partial charge in [0.1, 0.15) is 5.75 Å².